The van der Waals surface area contributed by atoms with E-state index in [-0.39, 0.29) is 6.67 Å². The lowest BCUT2D eigenvalue weighted by Crippen LogP contribution is -2.35. The van der Waals surface area contributed by atoms with Crippen molar-refractivity contribution in [3.63, 3.8) is 0 Å². The predicted octanol–water partition coefficient (Wildman–Crippen LogP) is 4.05. The van der Waals surface area contributed by atoms with Crippen LogP contribution in [0.1, 0.15) is 41.5 Å². The summed E-state index contributed by atoms with van der Waals surface area (Å²) in [5.74, 6) is 0. The molecule has 0 nitrogen and oxygen atoms in total. The van der Waals surface area contributed by atoms with E-state index in [0.29, 0.717) is 8.55 Å². The molecule has 0 unspecified atom stereocenters. The zero-order chi connectivity index (χ0) is 9.99. The van der Waals surface area contributed by atoms with Gasteiger partial charge in [0.15, 0.2) is 0 Å². The van der Waals surface area contributed by atoms with Gasteiger partial charge in [0, 0.05) is 0 Å². The van der Waals surface area contributed by atoms with Crippen LogP contribution in [0.2, 0.25) is 13.8 Å². The molecule has 0 saturated carbocycles. The minimum Gasteiger partial charge on any atom is -0.252 e. The van der Waals surface area contributed by atoms with E-state index in [9.17, 15) is 4.39 Å². The van der Waals surface area contributed by atoms with Crippen molar-refractivity contribution in [1.82, 2.24) is 0 Å². The summed E-state index contributed by atoms with van der Waals surface area (Å²) >= 11 is -0.985. The maximum Gasteiger partial charge on any atom is 0.277 e. The fraction of sp³-hybridized carbons (Fsp3) is 1.00. The lowest BCUT2D eigenvalue weighted by Gasteiger charge is -2.35. The number of rotatable bonds is 2. The van der Waals surface area contributed by atoms with Gasteiger partial charge in [0.05, 0.1) is 6.67 Å². The van der Waals surface area contributed by atoms with Gasteiger partial charge >= 0.3 is 0 Å². The Balaban J connectivity index is 4.45. The minimum atomic E-state index is -0.985. The minimum absolute atomic E-state index is 0.134. The molecule has 0 amide bonds. The Kier molecular flexibility index (Phi) is 4.27. The molecule has 0 spiro atoms. The van der Waals surface area contributed by atoms with Gasteiger partial charge in [-0.2, -0.15) is 0 Å². The topological polar surface area (TPSA) is 0 Å². The molecular weight excluding hydrogens is 166 g/mol. The van der Waals surface area contributed by atoms with Gasteiger partial charge in [0.25, 0.3) is 14.1 Å². The highest BCUT2D eigenvalue weighted by molar-refractivity contribution is 6.65. The normalized spacial score (nSPS) is 13.2. The molecule has 0 aromatic carbocycles. The van der Waals surface area contributed by atoms with Crippen molar-refractivity contribution in [3.05, 3.63) is 0 Å². The molecule has 0 radical (unpaired) electrons. The smallest absolute Gasteiger partial charge is 0.252 e. The summed E-state index contributed by atoms with van der Waals surface area (Å²) in [6.07, 6.45) is 0. The van der Waals surface area contributed by atoms with Crippen molar-refractivity contribution < 1.29 is 4.39 Å². The molecule has 0 aliphatic rings. The van der Waals surface area contributed by atoms with Gasteiger partial charge in [-0.3, -0.25) is 4.39 Å². The van der Waals surface area contributed by atoms with Crippen LogP contribution in [0, 0.1) is 0 Å². The molecule has 0 aromatic rings. The van der Waals surface area contributed by atoms with Crippen molar-refractivity contribution in [3.8, 4) is 0 Å². The molecular formula is C10H22AlF. The number of alkyl halides is 1. The van der Waals surface area contributed by atoms with Gasteiger partial charge in [-0.1, -0.05) is 55.4 Å². The molecule has 0 rings (SSSR count). The standard InChI is InChI=1S/2C4H9.C2H4F.Al/c2*1-4(2)3;1-2-3;/h2*1-3H3;1-2H2;. The van der Waals surface area contributed by atoms with Crippen LogP contribution in [0.4, 0.5) is 4.39 Å². The molecule has 0 aliphatic heterocycles. The fourth-order valence-corrected chi connectivity index (χ4v) is 6.82. The van der Waals surface area contributed by atoms with Gasteiger partial charge in [0.2, 0.25) is 0 Å². The van der Waals surface area contributed by atoms with Gasteiger partial charge in [-0.05, 0) is 0 Å². The maximum atomic E-state index is 12.3. The molecule has 2 heteroatoms. The predicted molar refractivity (Wildman–Crippen MR) is 56.0 cm³/mol. The molecule has 12 heavy (non-hydrogen) atoms. The monoisotopic (exact) mass is 188 g/mol. The second kappa shape index (κ2) is 4.11. The number of hydrogen-bond donors (Lipinski definition) is 0. The van der Waals surface area contributed by atoms with Crippen LogP contribution in [0.25, 0.3) is 0 Å². The number of hydrogen-bond acceptors (Lipinski definition) is 0. The molecule has 72 valence electrons. The lowest BCUT2D eigenvalue weighted by molar-refractivity contribution is 0.510. The van der Waals surface area contributed by atoms with Crippen molar-refractivity contribution in [1.29, 1.82) is 0 Å². The average Bonchev–Trinajstić information content (AvgIpc) is 1.77. The van der Waals surface area contributed by atoms with E-state index in [4.69, 9.17) is 0 Å². The van der Waals surface area contributed by atoms with Crippen LogP contribution in [0.3, 0.4) is 0 Å². The Bertz CT molecular complexity index is 116. The zero-order valence-electron chi connectivity index (χ0n) is 9.37. The molecule has 0 aromatic heterocycles. The molecule has 0 heterocycles. The highest BCUT2D eigenvalue weighted by Crippen LogP contribution is 2.43. The highest BCUT2D eigenvalue weighted by atomic mass is 27.2. The molecule has 0 saturated heterocycles. The van der Waals surface area contributed by atoms with E-state index < -0.39 is 14.1 Å². The summed E-state index contributed by atoms with van der Waals surface area (Å²) in [4.78, 5) is 0. The van der Waals surface area contributed by atoms with E-state index in [1.807, 2.05) is 0 Å². The van der Waals surface area contributed by atoms with E-state index in [1.54, 1.807) is 0 Å². The van der Waals surface area contributed by atoms with Crippen molar-refractivity contribution in [2.24, 2.45) is 0 Å². The highest BCUT2D eigenvalue weighted by Gasteiger charge is 2.40. The molecule has 0 fully saturated rings. The van der Waals surface area contributed by atoms with Gasteiger partial charge in [-0.15, -0.1) is 0 Å². The summed E-state index contributed by atoms with van der Waals surface area (Å²) in [5, 5.41) is 0.826. The SMILES string of the molecule is C[C](C)(C)[Al]([CH2]CF)[C](C)(C)C. The van der Waals surface area contributed by atoms with Gasteiger partial charge in [0.1, 0.15) is 0 Å². The number of halogens is 1. The van der Waals surface area contributed by atoms with Crippen LogP contribution in [-0.4, -0.2) is 20.8 Å². The first-order chi connectivity index (χ1) is 5.19. The van der Waals surface area contributed by atoms with E-state index in [1.165, 1.54) is 0 Å². The Morgan fingerprint density at radius 1 is 0.917 bits per heavy atom. The first kappa shape index (κ1) is 12.5. The fourth-order valence-electron chi connectivity index (χ4n) is 2.27. The molecule has 0 aliphatic carbocycles. The summed E-state index contributed by atoms with van der Waals surface area (Å²) in [6.45, 7) is 13.4. The molecule has 0 N–H and O–H groups in total. The quantitative estimate of drug-likeness (QED) is 0.573. The first-order valence-corrected chi connectivity index (χ1v) is 6.72. The van der Waals surface area contributed by atoms with Crippen molar-refractivity contribution in [2.75, 3.05) is 6.67 Å². The van der Waals surface area contributed by atoms with Gasteiger partial charge < -0.3 is 0 Å². The van der Waals surface area contributed by atoms with Crippen molar-refractivity contribution in [2.45, 2.75) is 55.4 Å². The third kappa shape index (κ3) is 3.92. The third-order valence-corrected chi connectivity index (χ3v) is 7.47. The van der Waals surface area contributed by atoms with Crippen LogP contribution >= 0.6 is 0 Å². The largest absolute Gasteiger partial charge is 0.277 e. The summed E-state index contributed by atoms with van der Waals surface area (Å²) < 4.78 is 13.0. The van der Waals surface area contributed by atoms with Crippen LogP contribution in [0.15, 0.2) is 0 Å². The molecule has 0 atom stereocenters. The Labute approximate surface area is 80.9 Å². The Morgan fingerprint density at radius 3 is 1.33 bits per heavy atom. The Morgan fingerprint density at radius 2 is 1.25 bits per heavy atom. The van der Waals surface area contributed by atoms with Crippen LogP contribution < -0.4 is 0 Å². The van der Waals surface area contributed by atoms with Crippen LogP contribution in [0.5, 0.6) is 0 Å². The van der Waals surface area contributed by atoms with Crippen LogP contribution in [-0.2, 0) is 0 Å². The second-order valence-electron chi connectivity index (χ2n) is 5.76. The first-order valence-electron chi connectivity index (χ1n) is 4.75. The summed E-state index contributed by atoms with van der Waals surface area (Å²) in [5.41, 5.74) is 0. The van der Waals surface area contributed by atoms with E-state index in [2.05, 4.69) is 41.5 Å². The average molecular weight is 188 g/mol. The lowest BCUT2D eigenvalue weighted by atomic mass is 10.2. The summed E-state index contributed by atoms with van der Waals surface area (Å²) in [6, 6.07) is 0. The van der Waals surface area contributed by atoms with Crippen molar-refractivity contribution >= 4 is 14.1 Å². The second-order valence-corrected chi connectivity index (χ2v) is 10.9. The zero-order valence-corrected chi connectivity index (χ0v) is 10.5. The summed E-state index contributed by atoms with van der Waals surface area (Å²) in [7, 11) is 0. The van der Waals surface area contributed by atoms with E-state index in [0.717, 1.165) is 5.28 Å². The van der Waals surface area contributed by atoms with E-state index >= 15 is 0 Å². The maximum absolute atomic E-state index is 12.3. The molecule has 0 bridgehead atoms. The van der Waals surface area contributed by atoms with Gasteiger partial charge in [-0.25, -0.2) is 0 Å². The third-order valence-electron chi connectivity index (χ3n) is 2.49. The Hall–Kier alpha value is 0.462.